The lowest BCUT2D eigenvalue weighted by atomic mass is 10.2. The summed E-state index contributed by atoms with van der Waals surface area (Å²) in [5.41, 5.74) is 0.386. The SMILES string of the molecule is C=C(CN1C(=O)COc2ccc(Cl)cc21)C(=O)O. The molecule has 1 amide bonds. The molecule has 1 N–H and O–H groups in total. The van der Waals surface area contributed by atoms with Crippen LogP contribution in [0.2, 0.25) is 5.02 Å². The number of hydrogen-bond donors (Lipinski definition) is 1. The number of ether oxygens (including phenoxy) is 1. The van der Waals surface area contributed by atoms with Crippen molar-refractivity contribution in [2.45, 2.75) is 0 Å². The number of carboxylic acid groups (broad SMARTS) is 1. The van der Waals surface area contributed by atoms with Gasteiger partial charge in [0.1, 0.15) is 5.75 Å². The Bertz CT molecular complexity index is 541. The number of nitrogens with zero attached hydrogens (tertiary/aromatic N) is 1. The van der Waals surface area contributed by atoms with Gasteiger partial charge in [0, 0.05) is 10.6 Å². The molecule has 1 aliphatic rings. The first-order valence-electron chi connectivity index (χ1n) is 5.13. The Morgan fingerprint density at radius 1 is 1.56 bits per heavy atom. The Morgan fingerprint density at radius 3 is 2.94 bits per heavy atom. The van der Waals surface area contributed by atoms with Gasteiger partial charge >= 0.3 is 5.97 Å². The highest BCUT2D eigenvalue weighted by atomic mass is 35.5. The van der Waals surface area contributed by atoms with E-state index in [-0.39, 0.29) is 24.6 Å². The molecule has 0 unspecified atom stereocenters. The van der Waals surface area contributed by atoms with Crippen molar-refractivity contribution < 1.29 is 19.4 Å². The molecule has 1 aromatic rings. The second-order valence-corrected chi connectivity index (χ2v) is 4.23. The van der Waals surface area contributed by atoms with E-state index in [0.717, 1.165) is 0 Å². The van der Waals surface area contributed by atoms with Crippen LogP contribution in [0.3, 0.4) is 0 Å². The third-order valence-corrected chi connectivity index (χ3v) is 2.75. The van der Waals surface area contributed by atoms with Crippen LogP contribution in [0, 0.1) is 0 Å². The highest BCUT2D eigenvalue weighted by Gasteiger charge is 2.27. The largest absolute Gasteiger partial charge is 0.482 e. The van der Waals surface area contributed by atoms with Gasteiger partial charge < -0.3 is 14.7 Å². The molecule has 1 aromatic carbocycles. The van der Waals surface area contributed by atoms with Gasteiger partial charge in [-0.1, -0.05) is 18.2 Å². The predicted octanol–water partition coefficient (Wildman–Crippen LogP) is 1.71. The second-order valence-electron chi connectivity index (χ2n) is 3.79. The monoisotopic (exact) mass is 267 g/mol. The fraction of sp³-hybridized carbons (Fsp3) is 0.167. The van der Waals surface area contributed by atoms with E-state index in [1.54, 1.807) is 18.2 Å². The molecular weight excluding hydrogens is 258 g/mol. The highest BCUT2D eigenvalue weighted by Crippen LogP contribution is 2.34. The average molecular weight is 268 g/mol. The van der Waals surface area contributed by atoms with Crippen molar-refractivity contribution >= 4 is 29.2 Å². The average Bonchev–Trinajstić information content (AvgIpc) is 2.32. The molecule has 5 nitrogen and oxygen atoms in total. The van der Waals surface area contributed by atoms with E-state index in [0.29, 0.717) is 16.5 Å². The minimum Gasteiger partial charge on any atom is -0.482 e. The minimum absolute atomic E-state index is 0.0730. The number of aliphatic carboxylic acids is 1. The van der Waals surface area contributed by atoms with Gasteiger partial charge in [0.25, 0.3) is 5.91 Å². The fourth-order valence-corrected chi connectivity index (χ4v) is 1.77. The molecule has 18 heavy (non-hydrogen) atoms. The first kappa shape index (κ1) is 12.4. The van der Waals surface area contributed by atoms with Crippen LogP contribution >= 0.6 is 11.6 Å². The van der Waals surface area contributed by atoms with Gasteiger partial charge in [0.05, 0.1) is 12.2 Å². The highest BCUT2D eigenvalue weighted by molar-refractivity contribution is 6.31. The molecule has 0 fully saturated rings. The second kappa shape index (κ2) is 4.70. The summed E-state index contributed by atoms with van der Waals surface area (Å²) in [7, 11) is 0. The van der Waals surface area contributed by atoms with Crippen molar-refractivity contribution in [1.29, 1.82) is 0 Å². The Labute approximate surface area is 108 Å². The number of rotatable bonds is 3. The normalized spacial score (nSPS) is 13.8. The molecule has 6 heteroatoms. The predicted molar refractivity (Wildman–Crippen MR) is 66.1 cm³/mol. The Hall–Kier alpha value is -2.01. The number of amides is 1. The molecule has 0 atom stereocenters. The summed E-state index contributed by atoms with van der Waals surface area (Å²) in [6.07, 6.45) is 0. The van der Waals surface area contributed by atoms with E-state index >= 15 is 0 Å². The van der Waals surface area contributed by atoms with E-state index in [1.165, 1.54) is 4.90 Å². The van der Waals surface area contributed by atoms with Crippen molar-refractivity contribution in [2.24, 2.45) is 0 Å². The van der Waals surface area contributed by atoms with Crippen LogP contribution in [-0.4, -0.2) is 30.1 Å². The Kier molecular flexibility index (Phi) is 3.25. The molecule has 0 saturated carbocycles. The summed E-state index contributed by atoms with van der Waals surface area (Å²) in [4.78, 5) is 23.8. The number of benzene rings is 1. The topological polar surface area (TPSA) is 66.8 Å². The summed E-state index contributed by atoms with van der Waals surface area (Å²) in [6, 6.07) is 4.84. The van der Waals surface area contributed by atoms with E-state index in [9.17, 15) is 9.59 Å². The van der Waals surface area contributed by atoms with Crippen LogP contribution in [0.15, 0.2) is 30.4 Å². The Balaban J connectivity index is 2.35. The van der Waals surface area contributed by atoms with E-state index in [1.807, 2.05) is 0 Å². The van der Waals surface area contributed by atoms with Crippen molar-refractivity contribution in [3.63, 3.8) is 0 Å². The Morgan fingerprint density at radius 2 is 2.28 bits per heavy atom. The van der Waals surface area contributed by atoms with Gasteiger partial charge in [-0.3, -0.25) is 4.79 Å². The molecule has 0 aliphatic carbocycles. The van der Waals surface area contributed by atoms with Gasteiger partial charge in [0.2, 0.25) is 0 Å². The maximum absolute atomic E-state index is 11.8. The third-order valence-electron chi connectivity index (χ3n) is 2.52. The summed E-state index contributed by atoms with van der Waals surface area (Å²) in [5, 5.41) is 9.25. The maximum atomic E-state index is 11.8. The summed E-state index contributed by atoms with van der Waals surface area (Å²) in [5.74, 6) is -0.970. The minimum atomic E-state index is -1.14. The van der Waals surface area contributed by atoms with Crippen LogP contribution in [0.4, 0.5) is 5.69 Å². The number of anilines is 1. The number of hydrogen-bond acceptors (Lipinski definition) is 3. The molecule has 0 bridgehead atoms. The number of fused-ring (bicyclic) bond motifs is 1. The lowest BCUT2D eigenvalue weighted by molar-refractivity contribution is -0.132. The van der Waals surface area contributed by atoms with Crippen LogP contribution < -0.4 is 9.64 Å². The van der Waals surface area contributed by atoms with E-state index in [4.69, 9.17) is 21.4 Å². The molecule has 0 saturated heterocycles. The van der Waals surface area contributed by atoms with Gasteiger partial charge in [0.15, 0.2) is 6.61 Å². The van der Waals surface area contributed by atoms with Gasteiger partial charge in [-0.25, -0.2) is 4.79 Å². The smallest absolute Gasteiger partial charge is 0.332 e. The van der Waals surface area contributed by atoms with Crippen molar-refractivity contribution in [3.8, 4) is 5.75 Å². The van der Waals surface area contributed by atoms with Crippen LogP contribution in [0.1, 0.15) is 0 Å². The lowest BCUT2D eigenvalue weighted by Gasteiger charge is -2.29. The zero-order valence-electron chi connectivity index (χ0n) is 9.35. The fourth-order valence-electron chi connectivity index (χ4n) is 1.61. The van der Waals surface area contributed by atoms with Crippen molar-refractivity contribution in [3.05, 3.63) is 35.4 Å². The van der Waals surface area contributed by atoms with Crippen LogP contribution in [0.5, 0.6) is 5.75 Å². The molecule has 0 aromatic heterocycles. The van der Waals surface area contributed by atoms with Gasteiger partial charge in [-0.2, -0.15) is 0 Å². The molecule has 2 rings (SSSR count). The zero-order valence-corrected chi connectivity index (χ0v) is 10.1. The number of carbonyl (C=O) groups excluding carboxylic acids is 1. The molecular formula is C12H10ClNO4. The molecule has 0 radical (unpaired) electrons. The first-order chi connectivity index (χ1) is 8.49. The maximum Gasteiger partial charge on any atom is 0.332 e. The van der Waals surface area contributed by atoms with E-state index < -0.39 is 5.97 Å². The van der Waals surface area contributed by atoms with Crippen LogP contribution in [0.25, 0.3) is 0 Å². The number of carbonyl (C=O) groups is 2. The third kappa shape index (κ3) is 2.31. The van der Waals surface area contributed by atoms with Gasteiger partial charge in [-0.05, 0) is 18.2 Å². The summed E-state index contributed by atoms with van der Waals surface area (Å²) >= 11 is 5.86. The molecule has 0 spiro atoms. The number of halogens is 1. The quantitative estimate of drug-likeness (QED) is 0.847. The molecule has 1 aliphatic heterocycles. The van der Waals surface area contributed by atoms with Gasteiger partial charge in [-0.15, -0.1) is 0 Å². The zero-order chi connectivity index (χ0) is 13.3. The number of carboxylic acids is 1. The summed E-state index contributed by atoms with van der Waals surface area (Å²) in [6.45, 7) is 3.19. The standard InChI is InChI=1S/C12H10ClNO4/c1-7(12(16)17)5-14-9-4-8(13)2-3-10(9)18-6-11(14)15/h2-4H,1,5-6H2,(H,16,17). The van der Waals surface area contributed by atoms with E-state index in [2.05, 4.69) is 6.58 Å². The van der Waals surface area contributed by atoms with Crippen LogP contribution in [-0.2, 0) is 9.59 Å². The summed E-state index contributed by atoms with van der Waals surface area (Å²) < 4.78 is 5.24. The van der Waals surface area contributed by atoms with Crippen molar-refractivity contribution in [2.75, 3.05) is 18.1 Å². The molecule has 1 heterocycles. The van der Waals surface area contributed by atoms with Crippen molar-refractivity contribution in [1.82, 2.24) is 0 Å². The lowest BCUT2D eigenvalue weighted by Crippen LogP contribution is -2.40. The molecule has 94 valence electrons. The first-order valence-corrected chi connectivity index (χ1v) is 5.50.